The van der Waals surface area contributed by atoms with Gasteiger partial charge >= 0.3 is 5.97 Å². The number of rotatable bonds is 1. The van der Waals surface area contributed by atoms with Crippen molar-refractivity contribution < 1.29 is 23.9 Å². The smallest absolute Gasteiger partial charge is 0.313 e. The number of carbonyl (C=O) groups is 3. The zero-order valence-corrected chi connectivity index (χ0v) is 15.4. The highest BCUT2D eigenvalue weighted by Crippen LogP contribution is 2.39. The minimum absolute atomic E-state index is 0.0210. The molecule has 0 spiro atoms. The summed E-state index contributed by atoms with van der Waals surface area (Å²) in [5, 5.41) is 0. The highest BCUT2D eigenvalue weighted by atomic mass is 16.5. The standard InChI is InChI=1S/C20H28O5/c1-13-7-8-25-20(23)12-16(22)10-14(2)17-5-4-6-19(24-3)18(17)11-15(21)9-13/h9-10,17-19H,4-8,11-12H2,1-3H3/b13-9+,14-10+/t17-,18-,19+/m0/s1. The van der Waals surface area contributed by atoms with Crippen LogP contribution in [0.1, 0.15) is 52.4 Å². The molecule has 25 heavy (non-hydrogen) atoms. The van der Waals surface area contributed by atoms with E-state index in [9.17, 15) is 14.4 Å². The normalized spacial score (nSPS) is 34.0. The molecule has 1 heterocycles. The molecule has 1 fully saturated rings. The van der Waals surface area contributed by atoms with Crippen LogP contribution in [0.15, 0.2) is 23.3 Å². The van der Waals surface area contributed by atoms with E-state index in [2.05, 4.69) is 0 Å². The Balaban J connectivity index is 2.31. The first kappa shape index (κ1) is 19.6. The minimum atomic E-state index is -0.514. The molecule has 0 unspecified atom stereocenters. The largest absolute Gasteiger partial charge is 0.465 e. The first-order chi connectivity index (χ1) is 11.9. The molecule has 0 bridgehead atoms. The number of fused-ring (bicyclic) bond motifs is 1. The van der Waals surface area contributed by atoms with Crippen molar-refractivity contribution in [2.45, 2.75) is 58.5 Å². The zero-order valence-electron chi connectivity index (χ0n) is 15.4. The van der Waals surface area contributed by atoms with Crippen LogP contribution in [0.3, 0.4) is 0 Å². The Bertz CT molecular complexity index is 587. The highest BCUT2D eigenvalue weighted by Gasteiger charge is 2.35. The lowest BCUT2D eigenvalue weighted by Crippen LogP contribution is -2.36. The number of methoxy groups -OCH3 is 1. The molecule has 0 aromatic rings. The molecule has 0 saturated heterocycles. The Labute approximate surface area is 149 Å². The van der Waals surface area contributed by atoms with Crippen LogP contribution in [0.2, 0.25) is 0 Å². The SMILES string of the molecule is CO[C@@H]1CCC[C@H]2/C(C)=C/C(=O)CC(=O)OCC/C(C)=C/C(=O)C[C@H]12. The van der Waals surface area contributed by atoms with Gasteiger partial charge in [0.1, 0.15) is 6.42 Å². The predicted octanol–water partition coefficient (Wildman–Crippen LogP) is 3.18. The van der Waals surface area contributed by atoms with E-state index in [4.69, 9.17) is 9.47 Å². The summed E-state index contributed by atoms with van der Waals surface area (Å²) in [6.07, 6.45) is 6.78. The lowest BCUT2D eigenvalue weighted by molar-refractivity contribution is -0.145. The second kappa shape index (κ2) is 9.09. The van der Waals surface area contributed by atoms with Gasteiger partial charge in [-0.3, -0.25) is 14.4 Å². The van der Waals surface area contributed by atoms with Gasteiger partial charge in [-0.1, -0.05) is 17.6 Å². The molecule has 0 amide bonds. The summed E-state index contributed by atoms with van der Waals surface area (Å²) in [5.41, 5.74) is 1.81. The molecule has 0 aromatic heterocycles. The van der Waals surface area contributed by atoms with E-state index in [0.717, 1.165) is 30.4 Å². The van der Waals surface area contributed by atoms with Crippen LogP contribution >= 0.6 is 0 Å². The summed E-state index contributed by atoms with van der Waals surface area (Å²) in [6, 6.07) is 0. The Kier molecular flexibility index (Phi) is 7.12. The summed E-state index contributed by atoms with van der Waals surface area (Å²) < 4.78 is 10.7. The van der Waals surface area contributed by atoms with E-state index in [-0.39, 0.29) is 42.5 Å². The van der Waals surface area contributed by atoms with Crippen LogP contribution < -0.4 is 0 Å². The monoisotopic (exact) mass is 348 g/mol. The number of hydrogen-bond acceptors (Lipinski definition) is 5. The van der Waals surface area contributed by atoms with E-state index < -0.39 is 5.97 Å². The van der Waals surface area contributed by atoms with E-state index in [1.54, 1.807) is 19.3 Å². The van der Waals surface area contributed by atoms with Gasteiger partial charge in [-0.2, -0.15) is 0 Å². The molecule has 5 nitrogen and oxygen atoms in total. The van der Waals surface area contributed by atoms with Crippen LogP contribution in [-0.2, 0) is 23.9 Å². The Morgan fingerprint density at radius 3 is 2.56 bits per heavy atom. The Hall–Kier alpha value is -1.75. The van der Waals surface area contributed by atoms with E-state index in [0.29, 0.717) is 12.8 Å². The molecule has 1 aliphatic carbocycles. The fourth-order valence-corrected chi connectivity index (χ4v) is 3.93. The zero-order chi connectivity index (χ0) is 18.4. The number of carbonyl (C=O) groups excluding carboxylic acids is 3. The molecular weight excluding hydrogens is 320 g/mol. The predicted molar refractivity (Wildman–Crippen MR) is 94.0 cm³/mol. The summed E-state index contributed by atoms with van der Waals surface area (Å²) >= 11 is 0. The highest BCUT2D eigenvalue weighted by molar-refractivity contribution is 6.02. The maximum Gasteiger partial charge on any atom is 0.313 e. The van der Waals surface area contributed by atoms with Crippen molar-refractivity contribution in [3.05, 3.63) is 23.3 Å². The van der Waals surface area contributed by atoms with Crippen molar-refractivity contribution >= 4 is 17.5 Å². The molecule has 2 rings (SSSR count). The van der Waals surface area contributed by atoms with Crippen molar-refractivity contribution in [2.75, 3.05) is 13.7 Å². The number of ether oxygens (including phenoxy) is 2. The van der Waals surface area contributed by atoms with Crippen molar-refractivity contribution in [3.8, 4) is 0 Å². The molecule has 0 N–H and O–H groups in total. The topological polar surface area (TPSA) is 69.7 Å². The minimum Gasteiger partial charge on any atom is -0.465 e. The molecule has 1 aliphatic heterocycles. The Morgan fingerprint density at radius 2 is 1.84 bits per heavy atom. The van der Waals surface area contributed by atoms with Gasteiger partial charge in [0.15, 0.2) is 11.6 Å². The lowest BCUT2D eigenvalue weighted by atomic mass is 9.71. The van der Waals surface area contributed by atoms with Crippen molar-refractivity contribution in [1.29, 1.82) is 0 Å². The van der Waals surface area contributed by atoms with E-state index in [1.807, 2.05) is 13.8 Å². The first-order valence-electron chi connectivity index (χ1n) is 9.00. The summed E-state index contributed by atoms with van der Waals surface area (Å²) in [6.45, 7) is 3.97. The lowest BCUT2D eigenvalue weighted by Gasteiger charge is -2.37. The summed E-state index contributed by atoms with van der Waals surface area (Å²) in [5.74, 6) is -0.496. The number of allylic oxidation sites excluding steroid dienone is 3. The molecule has 0 radical (unpaired) electrons. The van der Waals surface area contributed by atoms with Crippen molar-refractivity contribution in [2.24, 2.45) is 11.8 Å². The van der Waals surface area contributed by atoms with E-state index in [1.165, 1.54) is 0 Å². The summed E-state index contributed by atoms with van der Waals surface area (Å²) in [7, 11) is 1.68. The third-order valence-corrected chi connectivity index (χ3v) is 5.20. The number of cyclic esters (lactones) is 1. The van der Waals surface area contributed by atoms with Crippen molar-refractivity contribution in [3.63, 3.8) is 0 Å². The van der Waals surface area contributed by atoms with Crippen LogP contribution in [0.4, 0.5) is 0 Å². The van der Waals surface area contributed by atoms with Crippen LogP contribution in [-0.4, -0.2) is 37.4 Å². The second-order valence-corrected chi connectivity index (χ2v) is 7.14. The fourth-order valence-electron chi connectivity index (χ4n) is 3.93. The molecule has 138 valence electrons. The Morgan fingerprint density at radius 1 is 1.08 bits per heavy atom. The van der Waals surface area contributed by atoms with E-state index >= 15 is 0 Å². The maximum absolute atomic E-state index is 12.5. The average Bonchev–Trinajstić information content (AvgIpc) is 2.53. The molecule has 3 atom stereocenters. The molecule has 1 saturated carbocycles. The van der Waals surface area contributed by atoms with Gasteiger partial charge in [0.25, 0.3) is 0 Å². The van der Waals surface area contributed by atoms with Crippen LogP contribution in [0, 0.1) is 11.8 Å². The molecule has 0 aromatic carbocycles. The van der Waals surface area contributed by atoms with Crippen LogP contribution in [0.25, 0.3) is 0 Å². The van der Waals surface area contributed by atoms with Gasteiger partial charge in [-0.15, -0.1) is 0 Å². The van der Waals surface area contributed by atoms with Gasteiger partial charge in [0.2, 0.25) is 0 Å². The fraction of sp³-hybridized carbons (Fsp3) is 0.650. The number of ketones is 2. The molecule has 5 heteroatoms. The number of hydrogen-bond donors (Lipinski definition) is 0. The first-order valence-corrected chi connectivity index (χ1v) is 9.00. The van der Waals surface area contributed by atoms with Gasteiger partial charge in [0.05, 0.1) is 12.7 Å². The molecular formula is C20H28O5. The average molecular weight is 348 g/mol. The van der Waals surface area contributed by atoms with Gasteiger partial charge in [-0.25, -0.2) is 0 Å². The maximum atomic E-state index is 12.5. The third-order valence-electron chi connectivity index (χ3n) is 5.20. The van der Waals surface area contributed by atoms with Gasteiger partial charge in [0, 0.05) is 20.0 Å². The second-order valence-electron chi connectivity index (χ2n) is 7.14. The third kappa shape index (κ3) is 5.63. The van der Waals surface area contributed by atoms with Crippen LogP contribution in [0.5, 0.6) is 0 Å². The number of esters is 1. The quantitative estimate of drug-likeness (QED) is 0.538. The van der Waals surface area contributed by atoms with Gasteiger partial charge < -0.3 is 9.47 Å². The van der Waals surface area contributed by atoms with Gasteiger partial charge in [-0.05, 0) is 50.7 Å². The molecule has 2 aliphatic rings. The van der Waals surface area contributed by atoms with Crippen molar-refractivity contribution in [1.82, 2.24) is 0 Å². The summed E-state index contributed by atoms with van der Waals surface area (Å²) in [4.78, 5) is 36.4.